The topological polar surface area (TPSA) is 38.1 Å². The smallest absolute Gasteiger partial charge is 0.232 e. The lowest BCUT2D eigenvalue weighted by atomic mass is 10.1. The molecule has 0 saturated carbocycles. The van der Waals surface area contributed by atoms with E-state index in [2.05, 4.69) is 52.9 Å². The van der Waals surface area contributed by atoms with Crippen LogP contribution in [0.3, 0.4) is 0 Å². The van der Waals surface area contributed by atoms with Crippen molar-refractivity contribution in [1.82, 2.24) is 14.5 Å². The van der Waals surface area contributed by atoms with Crippen molar-refractivity contribution < 1.29 is 4.79 Å². The number of para-hydroxylation sites is 1. The minimum atomic E-state index is 0.0736. The lowest BCUT2D eigenvalue weighted by molar-refractivity contribution is -0.125. The van der Waals surface area contributed by atoms with Gasteiger partial charge in [-0.15, -0.1) is 0 Å². The fourth-order valence-corrected chi connectivity index (χ4v) is 3.42. The number of benzene rings is 2. The average Bonchev–Trinajstić information content (AvgIpc) is 3.04. The van der Waals surface area contributed by atoms with Crippen LogP contribution in [0.25, 0.3) is 16.9 Å². The molecule has 0 saturated heterocycles. The van der Waals surface area contributed by atoms with Crippen LogP contribution in [0.2, 0.25) is 0 Å². The minimum absolute atomic E-state index is 0.0736. The number of carbonyl (C=O) groups excluding carboxylic acids is 1. The Hall–Kier alpha value is -2.53. The molecule has 3 aromatic rings. The maximum Gasteiger partial charge on any atom is 0.232 e. The van der Waals surface area contributed by atoms with E-state index in [4.69, 9.17) is 0 Å². The Labute approximate surface area is 152 Å². The molecule has 0 radical (unpaired) electrons. The molecule has 0 N–H and O–H groups in total. The summed E-state index contributed by atoms with van der Waals surface area (Å²) in [6.07, 6.45) is 1.88. The van der Waals surface area contributed by atoms with Gasteiger partial charge in [0.05, 0.1) is 17.6 Å². The van der Waals surface area contributed by atoms with Gasteiger partial charge in [-0.1, -0.05) is 59.8 Å². The molecule has 0 atom stereocenters. The zero-order valence-corrected chi connectivity index (χ0v) is 15.5. The fourth-order valence-electron chi connectivity index (χ4n) is 2.45. The number of aryl methyl sites for hydroxylation is 1. The van der Waals surface area contributed by atoms with Gasteiger partial charge in [0.2, 0.25) is 5.91 Å². The molecule has 1 amide bonds. The van der Waals surface area contributed by atoms with E-state index >= 15 is 0 Å². The maximum absolute atomic E-state index is 11.9. The molecular weight excluding hydrogens is 330 g/mol. The third kappa shape index (κ3) is 3.94. The van der Waals surface area contributed by atoms with E-state index < -0.39 is 0 Å². The van der Waals surface area contributed by atoms with E-state index in [9.17, 15) is 4.79 Å². The van der Waals surface area contributed by atoms with E-state index in [-0.39, 0.29) is 5.91 Å². The second kappa shape index (κ2) is 7.57. The van der Waals surface area contributed by atoms with Crippen LogP contribution in [0.5, 0.6) is 0 Å². The SMILES string of the molecule is Cc1ccc(-c2cnc(SCC(=O)N(C)C)n2-c2ccccc2)cc1. The average molecular weight is 351 g/mol. The van der Waals surface area contributed by atoms with E-state index in [0.29, 0.717) is 5.75 Å². The van der Waals surface area contributed by atoms with Gasteiger partial charge < -0.3 is 4.90 Å². The highest BCUT2D eigenvalue weighted by Crippen LogP contribution is 2.30. The van der Waals surface area contributed by atoms with Crippen LogP contribution < -0.4 is 0 Å². The van der Waals surface area contributed by atoms with Crippen LogP contribution in [0.4, 0.5) is 0 Å². The summed E-state index contributed by atoms with van der Waals surface area (Å²) in [7, 11) is 3.54. The lowest BCUT2D eigenvalue weighted by Gasteiger charge is -2.13. The molecule has 3 rings (SSSR count). The molecule has 4 nitrogen and oxygen atoms in total. The van der Waals surface area contributed by atoms with Gasteiger partial charge in [-0.05, 0) is 19.1 Å². The van der Waals surface area contributed by atoms with E-state index in [0.717, 1.165) is 22.1 Å². The molecule has 1 heterocycles. The summed E-state index contributed by atoms with van der Waals surface area (Å²) in [6.45, 7) is 2.08. The van der Waals surface area contributed by atoms with E-state index in [1.54, 1.807) is 19.0 Å². The highest BCUT2D eigenvalue weighted by atomic mass is 32.2. The summed E-state index contributed by atoms with van der Waals surface area (Å²) in [5.41, 5.74) is 4.38. The van der Waals surface area contributed by atoms with Gasteiger partial charge in [0, 0.05) is 25.3 Å². The number of carbonyl (C=O) groups is 1. The Bertz CT molecular complexity index is 854. The molecule has 128 valence electrons. The van der Waals surface area contributed by atoms with E-state index in [1.165, 1.54) is 17.3 Å². The van der Waals surface area contributed by atoms with Crippen molar-refractivity contribution in [3.8, 4) is 16.9 Å². The number of aromatic nitrogens is 2. The second-order valence-corrected chi connectivity index (χ2v) is 6.98. The summed E-state index contributed by atoms with van der Waals surface area (Å²) >= 11 is 1.46. The van der Waals surface area contributed by atoms with Crippen LogP contribution in [-0.4, -0.2) is 40.2 Å². The lowest BCUT2D eigenvalue weighted by Crippen LogP contribution is -2.23. The van der Waals surface area contributed by atoms with Crippen LogP contribution in [-0.2, 0) is 4.79 Å². The summed E-state index contributed by atoms with van der Waals surface area (Å²) in [5.74, 6) is 0.439. The summed E-state index contributed by atoms with van der Waals surface area (Å²) in [4.78, 5) is 18.1. The molecule has 2 aromatic carbocycles. The normalized spacial score (nSPS) is 10.7. The summed E-state index contributed by atoms with van der Waals surface area (Å²) in [6, 6.07) is 18.5. The molecule has 25 heavy (non-hydrogen) atoms. The summed E-state index contributed by atoms with van der Waals surface area (Å²) in [5, 5.41) is 0.817. The second-order valence-electron chi connectivity index (χ2n) is 6.04. The highest BCUT2D eigenvalue weighted by molar-refractivity contribution is 7.99. The van der Waals surface area contributed by atoms with Crippen LogP contribution in [0.1, 0.15) is 5.56 Å². The number of imidazole rings is 1. The number of hydrogen-bond acceptors (Lipinski definition) is 3. The summed E-state index contributed by atoms with van der Waals surface area (Å²) < 4.78 is 2.11. The van der Waals surface area contributed by atoms with Gasteiger partial charge in [0.1, 0.15) is 0 Å². The molecule has 5 heteroatoms. The van der Waals surface area contributed by atoms with Crippen molar-refractivity contribution >= 4 is 17.7 Å². The molecule has 0 aliphatic carbocycles. The first-order valence-electron chi connectivity index (χ1n) is 8.09. The molecular formula is C20H21N3OS. The maximum atomic E-state index is 11.9. The Balaban J connectivity index is 2.01. The van der Waals surface area contributed by atoms with Crippen molar-refractivity contribution in [2.24, 2.45) is 0 Å². The quantitative estimate of drug-likeness (QED) is 0.652. The fraction of sp³-hybridized carbons (Fsp3) is 0.200. The van der Waals surface area contributed by atoms with Gasteiger partial charge in [-0.25, -0.2) is 4.98 Å². The number of amides is 1. The van der Waals surface area contributed by atoms with Gasteiger partial charge in [0.25, 0.3) is 0 Å². The van der Waals surface area contributed by atoms with E-state index in [1.807, 2.05) is 24.4 Å². The Morgan fingerprint density at radius 2 is 1.76 bits per heavy atom. The predicted molar refractivity (Wildman–Crippen MR) is 103 cm³/mol. The number of rotatable bonds is 5. The van der Waals surface area contributed by atoms with Crippen LogP contribution >= 0.6 is 11.8 Å². The van der Waals surface area contributed by atoms with Crippen LogP contribution in [0.15, 0.2) is 66.0 Å². The number of nitrogens with zero attached hydrogens (tertiary/aromatic N) is 3. The molecule has 0 aliphatic rings. The van der Waals surface area contributed by atoms with Crippen molar-refractivity contribution in [3.05, 3.63) is 66.4 Å². The number of hydrogen-bond donors (Lipinski definition) is 0. The number of thioether (sulfide) groups is 1. The molecule has 0 spiro atoms. The first-order chi connectivity index (χ1) is 12.1. The molecule has 0 unspecified atom stereocenters. The highest BCUT2D eigenvalue weighted by Gasteiger charge is 2.15. The zero-order valence-electron chi connectivity index (χ0n) is 14.6. The predicted octanol–water partition coefficient (Wildman–Crippen LogP) is 4.03. The Morgan fingerprint density at radius 1 is 1.08 bits per heavy atom. The van der Waals surface area contributed by atoms with Gasteiger partial charge in [-0.3, -0.25) is 9.36 Å². The van der Waals surface area contributed by atoms with Crippen molar-refractivity contribution in [3.63, 3.8) is 0 Å². The van der Waals surface area contributed by atoms with Crippen LogP contribution in [0, 0.1) is 6.92 Å². The largest absolute Gasteiger partial charge is 0.348 e. The minimum Gasteiger partial charge on any atom is -0.348 e. The van der Waals surface area contributed by atoms with Gasteiger partial charge in [0.15, 0.2) is 5.16 Å². The van der Waals surface area contributed by atoms with Crippen molar-refractivity contribution in [2.75, 3.05) is 19.8 Å². The van der Waals surface area contributed by atoms with Gasteiger partial charge >= 0.3 is 0 Å². The monoisotopic (exact) mass is 351 g/mol. The first-order valence-corrected chi connectivity index (χ1v) is 9.08. The zero-order chi connectivity index (χ0) is 17.8. The Morgan fingerprint density at radius 3 is 2.40 bits per heavy atom. The molecule has 0 fully saturated rings. The standard InChI is InChI=1S/C20H21N3OS/c1-15-9-11-16(12-10-15)18-13-21-20(25-14-19(24)22(2)3)23(18)17-7-5-4-6-8-17/h4-13H,14H2,1-3H3. The molecule has 1 aromatic heterocycles. The molecule has 0 bridgehead atoms. The third-order valence-corrected chi connectivity index (χ3v) is 4.85. The van der Waals surface area contributed by atoms with Crippen molar-refractivity contribution in [2.45, 2.75) is 12.1 Å². The van der Waals surface area contributed by atoms with Gasteiger partial charge in [-0.2, -0.15) is 0 Å². The first kappa shape index (κ1) is 17.3. The Kier molecular flexibility index (Phi) is 5.24. The third-order valence-electron chi connectivity index (χ3n) is 3.91. The van der Waals surface area contributed by atoms with Crippen molar-refractivity contribution in [1.29, 1.82) is 0 Å². The molecule has 0 aliphatic heterocycles.